The van der Waals surface area contributed by atoms with Crippen LogP contribution in [0.15, 0.2) is 0 Å². The molecule has 2 unspecified atom stereocenters. The first kappa shape index (κ1) is 13.0. The molecule has 16 heavy (non-hydrogen) atoms. The lowest BCUT2D eigenvalue weighted by molar-refractivity contribution is -0.128. The van der Waals surface area contributed by atoms with Gasteiger partial charge in [-0.3, -0.25) is 9.69 Å². The third-order valence-electron chi connectivity index (χ3n) is 2.72. The highest BCUT2D eigenvalue weighted by Gasteiger charge is 2.26. The van der Waals surface area contributed by atoms with Crippen molar-refractivity contribution >= 4 is 5.91 Å². The molecule has 2 atom stereocenters. The third-order valence-corrected chi connectivity index (χ3v) is 2.72. The van der Waals surface area contributed by atoms with Gasteiger partial charge in [0.1, 0.15) is 0 Å². The molecule has 3 N–H and O–H groups in total. The minimum atomic E-state index is -0.189. The molecule has 1 amide bonds. The molecule has 0 aromatic carbocycles. The Bertz CT molecular complexity index is 275. The molecule has 0 saturated carbocycles. The molecule has 1 heterocycles. The molecule has 90 valence electrons. The molecular formula is C11H19N3O2. The van der Waals surface area contributed by atoms with Crippen LogP contribution in [0.4, 0.5) is 0 Å². The van der Waals surface area contributed by atoms with Gasteiger partial charge in [-0.2, -0.15) is 0 Å². The maximum Gasteiger partial charge on any atom is 0.237 e. The number of nitrogens with one attached hydrogen (secondary N) is 1. The van der Waals surface area contributed by atoms with E-state index >= 15 is 0 Å². The Labute approximate surface area is 96.3 Å². The van der Waals surface area contributed by atoms with Crippen LogP contribution in [0.25, 0.3) is 0 Å². The second-order valence-electron chi connectivity index (χ2n) is 3.82. The first-order valence-corrected chi connectivity index (χ1v) is 5.46. The molecule has 0 aromatic heterocycles. The fourth-order valence-corrected chi connectivity index (χ4v) is 1.69. The summed E-state index contributed by atoms with van der Waals surface area (Å²) in [5, 5.41) is 2.67. The van der Waals surface area contributed by atoms with Gasteiger partial charge in [0.25, 0.3) is 0 Å². The van der Waals surface area contributed by atoms with E-state index in [1.807, 2.05) is 6.92 Å². The van der Waals surface area contributed by atoms with Crippen molar-refractivity contribution in [2.75, 3.05) is 32.8 Å². The van der Waals surface area contributed by atoms with Crippen molar-refractivity contribution < 1.29 is 9.53 Å². The highest BCUT2D eigenvalue weighted by atomic mass is 16.5. The molecule has 0 spiro atoms. The maximum absolute atomic E-state index is 11.7. The maximum atomic E-state index is 11.7. The molecule has 0 aromatic rings. The number of hydrogen-bond acceptors (Lipinski definition) is 4. The quantitative estimate of drug-likeness (QED) is 0.589. The third kappa shape index (κ3) is 3.49. The Morgan fingerprint density at radius 2 is 2.56 bits per heavy atom. The SMILES string of the molecule is C#CCNC(=O)C(C)N1CCOC(CN)C1. The van der Waals surface area contributed by atoms with Crippen LogP contribution in [0.3, 0.4) is 0 Å². The number of morpholine rings is 1. The van der Waals surface area contributed by atoms with Gasteiger partial charge in [-0.15, -0.1) is 6.42 Å². The smallest absolute Gasteiger partial charge is 0.237 e. The van der Waals surface area contributed by atoms with Crippen LogP contribution in [0.5, 0.6) is 0 Å². The van der Waals surface area contributed by atoms with E-state index in [0.717, 1.165) is 6.54 Å². The number of carbonyl (C=O) groups excluding carboxylic acids is 1. The molecule has 0 aliphatic carbocycles. The topological polar surface area (TPSA) is 67.6 Å². The van der Waals surface area contributed by atoms with Crippen molar-refractivity contribution in [2.24, 2.45) is 5.73 Å². The second kappa shape index (κ2) is 6.48. The summed E-state index contributed by atoms with van der Waals surface area (Å²) in [6.07, 6.45) is 5.11. The van der Waals surface area contributed by atoms with Crippen LogP contribution in [0.1, 0.15) is 6.92 Å². The summed E-state index contributed by atoms with van der Waals surface area (Å²) in [5.74, 6) is 2.34. The molecule has 1 aliphatic rings. The van der Waals surface area contributed by atoms with Gasteiger partial charge in [0.15, 0.2) is 0 Å². The van der Waals surface area contributed by atoms with Crippen molar-refractivity contribution in [3.63, 3.8) is 0 Å². The predicted molar refractivity (Wildman–Crippen MR) is 61.7 cm³/mol. The van der Waals surface area contributed by atoms with Crippen LogP contribution in [0, 0.1) is 12.3 Å². The molecular weight excluding hydrogens is 206 g/mol. The van der Waals surface area contributed by atoms with Gasteiger partial charge in [0.2, 0.25) is 5.91 Å². The van der Waals surface area contributed by atoms with Gasteiger partial charge in [-0.25, -0.2) is 0 Å². The van der Waals surface area contributed by atoms with Crippen LogP contribution < -0.4 is 11.1 Å². The monoisotopic (exact) mass is 225 g/mol. The van der Waals surface area contributed by atoms with Gasteiger partial charge < -0.3 is 15.8 Å². The summed E-state index contributed by atoms with van der Waals surface area (Å²) in [7, 11) is 0. The van der Waals surface area contributed by atoms with Gasteiger partial charge in [0.05, 0.1) is 25.3 Å². The van der Waals surface area contributed by atoms with Gasteiger partial charge in [0, 0.05) is 19.6 Å². The lowest BCUT2D eigenvalue weighted by Crippen LogP contribution is -2.53. The summed E-state index contributed by atoms with van der Waals surface area (Å²) in [6, 6.07) is -0.189. The zero-order valence-corrected chi connectivity index (χ0v) is 9.61. The summed E-state index contributed by atoms with van der Waals surface area (Å²) in [6.45, 7) is 4.69. The van der Waals surface area contributed by atoms with Crippen molar-refractivity contribution in [1.29, 1.82) is 0 Å². The summed E-state index contributed by atoms with van der Waals surface area (Å²) in [4.78, 5) is 13.7. The largest absolute Gasteiger partial charge is 0.374 e. The molecule has 5 heteroatoms. The Morgan fingerprint density at radius 3 is 3.19 bits per heavy atom. The average Bonchev–Trinajstić information content (AvgIpc) is 2.35. The van der Waals surface area contributed by atoms with Crippen LogP contribution >= 0.6 is 0 Å². The van der Waals surface area contributed by atoms with E-state index in [1.54, 1.807) is 0 Å². The Morgan fingerprint density at radius 1 is 1.81 bits per heavy atom. The highest BCUT2D eigenvalue weighted by molar-refractivity contribution is 5.81. The standard InChI is InChI=1S/C11H19N3O2/c1-3-4-13-11(15)9(2)14-5-6-16-10(7-12)8-14/h1,9-10H,4-8,12H2,2H3,(H,13,15). The lowest BCUT2D eigenvalue weighted by Gasteiger charge is -2.35. The molecule has 5 nitrogen and oxygen atoms in total. The molecule has 0 radical (unpaired) electrons. The van der Waals surface area contributed by atoms with Crippen molar-refractivity contribution in [1.82, 2.24) is 10.2 Å². The normalized spacial score (nSPS) is 23.4. The van der Waals surface area contributed by atoms with E-state index in [9.17, 15) is 4.79 Å². The van der Waals surface area contributed by atoms with Gasteiger partial charge in [-0.1, -0.05) is 5.92 Å². The minimum Gasteiger partial charge on any atom is -0.374 e. The molecule has 1 rings (SSSR count). The number of amides is 1. The van der Waals surface area contributed by atoms with Crippen molar-refractivity contribution in [3.05, 3.63) is 0 Å². The number of rotatable bonds is 4. The summed E-state index contributed by atoms with van der Waals surface area (Å²) >= 11 is 0. The van der Waals surface area contributed by atoms with E-state index < -0.39 is 0 Å². The predicted octanol–water partition coefficient (Wildman–Crippen LogP) is -1.22. The number of terminal acetylenes is 1. The van der Waals surface area contributed by atoms with E-state index in [-0.39, 0.29) is 24.6 Å². The summed E-state index contributed by atoms with van der Waals surface area (Å²) in [5.41, 5.74) is 5.54. The van der Waals surface area contributed by atoms with Crippen molar-refractivity contribution in [3.8, 4) is 12.3 Å². The fraction of sp³-hybridized carbons (Fsp3) is 0.727. The Kier molecular flexibility index (Phi) is 5.26. The number of hydrogen-bond donors (Lipinski definition) is 2. The first-order valence-electron chi connectivity index (χ1n) is 5.46. The minimum absolute atomic E-state index is 0.0247. The molecule has 0 bridgehead atoms. The Hall–Kier alpha value is -1.09. The molecule has 1 fully saturated rings. The second-order valence-corrected chi connectivity index (χ2v) is 3.82. The fourth-order valence-electron chi connectivity index (χ4n) is 1.69. The number of nitrogens with zero attached hydrogens (tertiary/aromatic N) is 1. The van der Waals surface area contributed by atoms with E-state index in [1.165, 1.54) is 0 Å². The van der Waals surface area contributed by atoms with Crippen LogP contribution in [-0.2, 0) is 9.53 Å². The van der Waals surface area contributed by atoms with Gasteiger partial charge in [-0.05, 0) is 6.92 Å². The van der Waals surface area contributed by atoms with Crippen molar-refractivity contribution in [2.45, 2.75) is 19.1 Å². The zero-order valence-electron chi connectivity index (χ0n) is 9.61. The van der Waals surface area contributed by atoms with Gasteiger partial charge >= 0.3 is 0 Å². The van der Waals surface area contributed by atoms with Crippen LogP contribution in [0.2, 0.25) is 0 Å². The Balaban J connectivity index is 2.43. The highest BCUT2D eigenvalue weighted by Crippen LogP contribution is 2.08. The average molecular weight is 225 g/mol. The van der Waals surface area contributed by atoms with E-state index in [2.05, 4.69) is 16.1 Å². The number of ether oxygens (including phenoxy) is 1. The van der Waals surface area contributed by atoms with Crippen LogP contribution in [-0.4, -0.2) is 55.7 Å². The lowest BCUT2D eigenvalue weighted by atomic mass is 10.2. The van der Waals surface area contributed by atoms with E-state index in [4.69, 9.17) is 16.9 Å². The summed E-state index contributed by atoms with van der Waals surface area (Å²) < 4.78 is 5.44. The number of carbonyl (C=O) groups is 1. The first-order chi connectivity index (χ1) is 7.69. The van der Waals surface area contributed by atoms with E-state index in [0.29, 0.717) is 19.7 Å². The number of nitrogens with two attached hydrogens (primary N) is 1. The zero-order chi connectivity index (χ0) is 12.0. The molecule has 1 saturated heterocycles. The molecule has 1 aliphatic heterocycles.